The number of aryl methyl sites for hydroxylation is 2. The van der Waals surface area contributed by atoms with Crippen LogP contribution < -0.4 is 5.32 Å². The van der Waals surface area contributed by atoms with Gasteiger partial charge in [-0.1, -0.05) is 25.5 Å². The van der Waals surface area contributed by atoms with Gasteiger partial charge in [-0.15, -0.1) is 0 Å². The molecule has 1 aromatic heterocycles. The fraction of sp³-hybridized carbons (Fsp3) is 0.286. The normalized spacial score (nSPS) is 10.5. The van der Waals surface area contributed by atoms with E-state index in [1.165, 1.54) is 0 Å². The zero-order valence-corrected chi connectivity index (χ0v) is 13.1. The number of hydrogen-bond acceptors (Lipinski definition) is 2. The molecule has 100 valence electrons. The number of aromatic amines is 1. The number of halogens is 1. The number of carbonyl (C=O) groups excluding carboxylic acids is 1. The first-order valence-corrected chi connectivity index (χ1v) is 7.30. The third kappa shape index (κ3) is 3.34. The van der Waals surface area contributed by atoms with Gasteiger partial charge in [-0.05, 0) is 47.6 Å². The molecule has 0 spiro atoms. The van der Waals surface area contributed by atoms with Crippen molar-refractivity contribution in [3.8, 4) is 0 Å². The number of nitrogens with zero attached hydrogens (tertiary/aromatic N) is 1. The number of hydrogen-bond donors (Lipinski definition) is 2. The number of carbonyl (C=O) groups is 1. The average molecular weight is 369 g/mol. The molecule has 0 aliphatic heterocycles. The molecule has 0 bridgehead atoms. The molecule has 0 aliphatic carbocycles. The molecule has 1 aromatic carbocycles. The maximum Gasteiger partial charge on any atom is 0.257 e. The maximum absolute atomic E-state index is 12.2. The van der Waals surface area contributed by atoms with Gasteiger partial charge in [0.2, 0.25) is 0 Å². The molecule has 2 aromatic rings. The van der Waals surface area contributed by atoms with Crippen LogP contribution in [0.25, 0.3) is 0 Å². The minimum absolute atomic E-state index is 0.123. The van der Waals surface area contributed by atoms with Crippen LogP contribution >= 0.6 is 22.6 Å². The monoisotopic (exact) mass is 369 g/mol. The SMILES string of the molecule is CCCc1cc(NC(=O)c2cccc(C)c2I)n[nH]1. The van der Waals surface area contributed by atoms with Gasteiger partial charge in [0.1, 0.15) is 0 Å². The average Bonchev–Trinajstić information content (AvgIpc) is 2.80. The number of benzene rings is 1. The summed E-state index contributed by atoms with van der Waals surface area (Å²) in [5.41, 5.74) is 2.82. The number of amides is 1. The minimum Gasteiger partial charge on any atom is -0.305 e. The van der Waals surface area contributed by atoms with Gasteiger partial charge in [0.25, 0.3) is 5.91 Å². The first kappa shape index (κ1) is 14.0. The van der Waals surface area contributed by atoms with Gasteiger partial charge >= 0.3 is 0 Å². The van der Waals surface area contributed by atoms with Crippen LogP contribution in [0.3, 0.4) is 0 Å². The third-order valence-electron chi connectivity index (χ3n) is 2.83. The molecule has 5 heteroatoms. The summed E-state index contributed by atoms with van der Waals surface area (Å²) in [5.74, 6) is 0.452. The second-order valence-electron chi connectivity index (χ2n) is 4.42. The Morgan fingerprint density at radius 1 is 1.47 bits per heavy atom. The quantitative estimate of drug-likeness (QED) is 0.811. The Morgan fingerprint density at radius 3 is 3.00 bits per heavy atom. The second-order valence-corrected chi connectivity index (χ2v) is 5.50. The van der Waals surface area contributed by atoms with Crippen LogP contribution in [0.15, 0.2) is 24.3 Å². The van der Waals surface area contributed by atoms with Crippen LogP contribution in [0, 0.1) is 10.5 Å². The number of nitrogens with one attached hydrogen (secondary N) is 2. The van der Waals surface area contributed by atoms with Gasteiger partial charge in [0, 0.05) is 15.3 Å². The van der Waals surface area contributed by atoms with Gasteiger partial charge in [-0.2, -0.15) is 5.10 Å². The van der Waals surface area contributed by atoms with E-state index in [9.17, 15) is 4.79 Å². The van der Waals surface area contributed by atoms with Crippen LogP contribution in [-0.2, 0) is 6.42 Å². The van der Waals surface area contributed by atoms with E-state index >= 15 is 0 Å². The molecule has 0 aliphatic rings. The third-order valence-corrected chi connectivity index (χ3v) is 4.26. The van der Waals surface area contributed by atoms with E-state index in [2.05, 4.69) is 45.0 Å². The van der Waals surface area contributed by atoms with Crippen molar-refractivity contribution in [1.29, 1.82) is 0 Å². The number of rotatable bonds is 4. The summed E-state index contributed by atoms with van der Waals surface area (Å²) in [4.78, 5) is 12.2. The smallest absolute Gasteiger partial charge is 0.257 e. The first-order chi connectivity index (χ1) is 9.11. The van der Waals surface area contributed by atoms with Crippen molar-refractivity contribution in [2.45, 2.75) is 26.7 Å². The summed E-state index contributed by atoms with van der Waals surface area (Å²) in [5, 5.41) is 9.83. The molecular formula is C14H16IN3O. The molecule has 4 nitrogen and oxygen atoms in total. The van der Waals surface area contributed by atoms with E-state index in [0.717, 1.165) is 27.7 Å². The van der Waals surface area contributed by atoms with Gasteiger partial charge in [0.15, 0.2) is 5.82 Å². The standard InChI is InChI=1S/C14H16IN3O/c1-3-5-10-8-12(18-17-10)16-14(19)11-7-4-6-9(2)13(11)15/h4,6-8H,3,5H2,1-2H3,(H2,16,17,18,19). The zero-order valence-electron chi connectivity index (χ0n) is 11.0. The van der Waals surface area contributed by atoms with Crippen molar-refractivity contribution < 1.29 is 4.79 Å². The van der Waals surface area contributed by atoms with E-state index in [1.54, 1.807) is 0 Å². The fourth-order valence-electron chi connectivity index (χ4n) is 1.83. The number of anilines is 1. The Balaban J connectivity index is 2.14. The molecule has 0 atom stereocenters. The van der Waals surface area contributed by atoms with Gasteiger partial charge in [-0.3, -0.25) is 9.89 Å². The molecule has 0 radical (unpaired) electrons. The van der Waals surface area contributed by atoms with Crippen LogP contribution in [0.5, 0.6) is 0 Å². The van der Waals surface area contributed by atoms with Crippen LogP contribution in [0.1, 0.15) is 35.0 Å². The molecule has 0 fully saturated rings. The Hall–Kier alpha value is -1.37. The lowest BCUT2D eigenvalue weighted by atomic mass is 10.1. The molecule has 2 rings (SSSR count). The van der Waals surface area contributed by atoms with Crippen molar-refractivity contribution in [3.63, 3.8) is 0 Å². The fourth-order valence-corrected chi connectivity index (χ4v) is 2.43. The van der Waals surface area contributed by atoms with Crippen molar-refractivity contribution in [3.05, 3.63) is 44.7 Å². The van der Waals surface area contributed by atoms with Crippen LogP contribution in [0.4, 0.5) is 5.82 Å². The Morgan fingerprint density at radius 2 is 2.26 bits per heavy atom. The topological polar surface area (TPSA) is 57.8 Å². The Kier molecular flexibility index (Phi) is 4.57. The summed E-state index contributed by atoms with van der Waals surface area (Å²) in [6, 6.07) is 7.58. The lowest BCUT2D eigenvalue weighted by Gasteiger charge is -2.06. The summed E-state index contributed by atoms with van der Waals surface area (Å²) in [6.07, 6.45) is 1.98. The highest BCUT2D eigenvalue weighted by atomic mass is 127. The lowest BCUT2D eigenvalue weighted by molar-refractivity contribution is 0.102. The van der Waals surface area contributed by atoms with Crippen molar-refractivity contribution >= 4 is 34.3 Å². The van der Waals surface area contributed by atoms with Crippen molar-refractivity contribution in [2.75, 3.05) is 5.32 Å². The maximum atomic E-state index is 12.2. The van der Waals surface area contributed by atoms with Crippen LogP contribution in [0.2, 0.25) is 0 Å². The van der Waals surface area contributed by atoms with E-state index in [0.29, 0.717) is 11.4 Å². The minimum atomic E-state index is -0.123. The molecule has 1 heterocycles. The summed E-state index contributed by atoms with van der Waals surface area (Å²) in [7, 11) is 0. The zero-order chi connectivity index (χ0) is 13.8. The number of H-pyrrole nitrogens is 1. The van der Waals surface area contributed by atoms with E-state index < -0.39 is 0 Å². The summed E-state index contributed by atoms with van der Waals surface area (Å²) < 4.78 is 0.974. The summed E-state index contributed by atoms with van der Waals surface area (Å²) >= 11 is 2.19. The molecule has 2 N–H and O–H groups in total. The predicted octanol–water partition coefficient (Wildman–Crippen LogP) is 3.53. The van der Waals surface area contributed by atoms with Gasteiger partial charge in [-0.25, -0.2) is 0 Å². The van der Waals surface area contributed by atoms with E-state index in [-0.39, 0.29) is 5.91 Å². The van der Waals surface area contributed by atoms with Crippen molar-refractivity contribution in [2.24, 2.45) is 0 Å². The highest BCUT2D eigenvalue weighted by Gasteiger charge is 2.12. The molecule has 1 amide bonds. The lowest BCUT2D eigenvalue weighted by Crippen LogP contribution is -2.14. The second kappa shape index (κ2) is 6.18. The molecular weight excluding hydrogens is 353 g/mol. The number of aromatic nitrogens is 2. The van der Waals surface area contributed by atoms with Crippen molar-refractivity contribution in [1.82, 2.24) is 10.2 Å². The molecule has 0 unspecified atom stereocenters. The highest BCUT2D eigenvalue weighted by Crippen LogP contribution is 2.18. The molecule has 0 saturated heterocycles. The first-order valence-electron chi connectivity index (χ1n) is 6.22. The van der Waals surface area contributed by atoms with E-state index in [4.69, 9.17) is 0 Å². The largest absolute Gasteiger partial charge is 0.305 e. The molecule has 19 heavy (non-hydrogen) atoms. The van der Waals surface area contributed by atoms with Crippen LogP contribution in [-0.4, -0.2) is 16.1 Å². The van der Waals surface area contributed by atoms with Gasteiger partial charge in [0.05, 0.1) is 5.56 Å². The Bertz CT molecular complexity index is 592. The predicted molar refractivity (Wildman–Crippen MR) is 84.4 cm³/mol. The highest BCUT2D eigenvalue weighted by molar-refractivity contribution is 14.1. The van der Waals surface area contributed by atoms with Gasteiger partial charge < -0.3 is 5.32 Å². The van der Waals surface area contributed by atoms with E-state index in [1.807, 2.05) is 31.2 Å². The molecule has 0 saturated carbocycles. The summed E-state index contributed by atoms with van der Waals surface area (Å²) in [6.45, 7) is 4.10. The Labute approximate surface area is 126 Å².